The van der Waals surface area contributed by atoms with E-state index in [-0.39, 0.29) is 12.1 Å². The fraction of sp³-hybridized carbons (Fsp3) is 0.733. The largest absolute Gasteiger partial charge is 0.468 e. The normalized spacial score (nSPS) is 25.4. The highest BCUT2D eigenvalue weighted by molar-refractivity contribution is 5.01. The van der Waals surface area contributed by atoms with Crippen LogP contribution in [0.25, 0.3) is 0 Å². The number of aliphatic hydroxyl groups is 1. The summed E-state index contributed by atoms with van der Waals surface area (Å²) in [5.74, 6) is 1.00. The zero-order valence-corrected chi connectivity index (χ0v) is 12.3. The Morgan fingerprint density at radius 3 is 2.89 bits per heavy atom. The SMILES string of the molecule is CN1CCC(C)(C)N(Cc2ccco2)C(CCO)C1. The maximum Gasteiger partial charge on any atom is 0.117 e. The van der Waals surface area contributed by atoms with Gasteiger partial charge < -0.3 is 14.4 Å². The second kappa shape index (κ2) is 6.07. The Hall–Kier alpha value is -0.840. The molecule has 0 bridgehead atoms. The van der Waals surface area contributed by atoms with Crippen LogP contribution < -0.4 is 0 Å². The predicted molar refractivity (Wildman–Crippen MR) is 75.9 cm³/mol. The lowest BCUT2D eigenvalue weighted by molar-refractivity contribution is 0.0462. The first-order valence-corrected chi connectivity index (χ1v) is 7.11. The van der Waals surface area contributed by atoms with Gasteiger partial charge in [-0.3, -0.25) is 4.90 Å². The summed E-state index contributed by atoms with van der Waals surface area (Å²) in [6.45, 7) is 7.75. The standard InChI is InChI=1S/C15H26N2O2/c1-15(2)7-8-16(3)11-13(6-9-18)17(15)12-14-5-4-10-19-14/h4-5,10,13,18H,6-9,11-12H2,1-3H3. The second-order valence-corrected chi connectivity index (χ2v) is 6.20. The molecule has 0 aliphatic carbocycles. The summed E-state index contributed by atoms with van der Waals surface area (Å²) in [7, 11) is 2.16. The van der Waals surface area contributed by atoms with Gasteiger partial charge in [0, 0.05) is 24.7 Å². The molecule has 19 heavy (non-hydrogen) atoms. The fourth-order valence-corrected chi connectivity index (χ4v) is 2.96. The first-order valence-electron chi connectivity index (χ1n) is 7.11. The lowest BCUT2D eigenvalue weighted by Gasteiger charge is -2.41. The Labute approximate surface area is 116 Å². The van der Waals surface area contributed by atoms with Crippen molar-refractivity contribution in [1.82, 2.24) is 9.80 Å². The first kappa shape index (κ1) is 14.6. The fourth-order valence-electron chi connectivity index (χ4n) is 2.96. The molecule has 1 fully saturated rings. The van der Waals surface area contributed by atoms with E-state index in [1.165, 1.54) is 0 Å². The number of likely N-dealkylation sites (N-methyl/N-ethyl adjacent to an activating group) is 1. The third-order valence-corrected chi connectivity index (χ3v) is 4.21. The van der Waals surface area contributed by atoms with Crippen LogP contribution in [0.4, 0.5) is 0 Å². The second-order valence-electron chi connectivity index (χ2n) is 6.20. The minimum Gasteiger partial charge on any atom is -0.468 e. The Kier molecular flexibility index (Phi) is 4.66. The van der Waals surface area contributed by atoms with Crippen molar-refractivity contribution in [2.45, 2.75) is 44.8 Å². The topological polar surface area (TPSA) is 39.9 Å². The van der Waals surface area contributed by atoms with Crippen LogP contribution in [-0.4, -0.2) is 53.2 Å². The summed E-state index contributed by atoms with van der Waals surface area (Å²) < 4.78 is 5.51. The van der Waals surface area contributed by atoms with Gasteiger partial charge in [-0.05, 0) is 52.4 Å². The highest BCUT2D eigenvalue weighted by Crippen LogP contribution is 2.29. The Morgan fingerprint density at radius 1 is 1.47 bits per heavy atom. The van der Waals surface area contributed by atoms with E-state index < -0.39 is 0 Å². The van der Waals surface area contributed by atoms with Gasteiger partial charge >= 0.3 is 0 Å². The van der Waals surface area contributed by atoms with Crippen molar-refractivity contribution >= 4 is 0 Å². The molecule has 1 aromatic heterocycles. The molecular weight excluding hydrogens is 240 g/mol. The van der Waals surface area contributed by atoms with Crippen molar-refractivity contribution < 1.29 is 9.52 Å². The average molecular weight is 266 g/mol. The monoisotopic (exact) mass is 266 g/mol. The number of rotatable bonds is 4. The third-order valence-electron chi connectivity index (χ3n) is 4.21. The molecule has 1 aromatic rings. The van der Waals surface area contributed by atoms with Crippen molar-refractivity contribution in [1.29, 1.82) is 0 Å². The maximum atomic E-state index is 9.34. The number of hydrogen-bond acceptors (Lipinski definition) is 4. The molecule has 0 radical (unpaired) electrons. The molecular formula is C15H26N2O2. The molecule has 0 aromatic carbocycles. The molecule has 2 rings (SSSR count). The quantitative estimate of drug-likeness (QED) is 0.904. The zero-order chi connectivity index (χ0) is 13.9. The molecule has 0 saturated carbocycles. The van der Waals surface area contributed by atoms with Crippen LogP contribution in [0.5, 0.6) is 0 Å². The van der Waals surface area contributed by atoms with E-state index in [0.717, 1.165) is 38.2 Å². The van der Waals surface area contributed by atoms with Gasteiger partial charge in [0.05, 0.1) is 12.8 Å². The first-order chi connectivity index (χ1) is 9.03. The predicted octanol–water partition coefficient (Wildman–Crippen LogP) is 1.95. The lowest BCUT2D eigenvalue weighted by atomic mass is 9.96. The molecule has 1 saturated heterocycles. The minimum absolute atomic E-state index is 0.122. The van der Waals surface area contributed by atoms with Gasteiger partial charge in [-0.1, -0.05) is 0 Å². The molecule has 1 aliphatic heterocycles. The molecule has 1 N–H and O–H groups in total. The summed E-state index contributed by atoms with van der Waals surface area (Å²) in [5, 5.41) is 9.34. The van der Waals surface area contributed by atoms with E-state index in [2.05, 4.69) is 30.7 Å². The van der Waals surface area contributed by atoms with Gasteiger partial charge in [-0.15, -0.1) is 0 Å². The molecule has 1 unspecified atom stereocenters. The van der Waals surface area contributed by atoms with Gasteiger partial charge in [0.25, 0.3) is 0 Å². The van der Waals surface area contributed by atoms with Gasteiger partial charge in [0.2, 0.25) is 0 Å². The van der Waals surface area contributed by atoms with Crippen molar-refractivity contribution in [2.24, 2.45) is 0 Å². The zero-order valence-electron chi connectivity index (χ0n) is 12.3. The van der Waals surface area contributed by atoms with Crippen molar-refractivity contribution in [3.63, 3.8) is 0 Å². The number of furan rings is 1. The highest BCUT2D eigenvalue weighted by Gasteiger charge is 2.36. The van der Waals surface area contributed by atoms with E-state index in [9.17, 15) is 5.11 Å². The Balaban J connectivity index is 2.19. The summed E-state index contributed by atoms with van der Waals surface area (Å²) in [5.41, 5.74) is 0.122. The molecule has 2 heterocycles. The van der Waals surface area contributed by atoms with Crippen LogP contribution in [0.3, 0.4) is 0 Å². The van der Waals surface area contributed by atoms with Gasteiger partial charge in [0.15, 0.2) is 0 Å². The Morgan fingerprint density at radius 2 is 2.26 bits per heavy atom. The molecule has 4 nitrogen and oxygen atoms in total. The van der Waals surface area contributed by atoms with Gasteiger partial charge in [-0.2, -0.15) is 0 Å². The summed E-state index contributed by atoms with van der Waals surface area (Å²) >= 11 is 0. The van der Waals surface area contributed by atoms with E-state index in [4.69, 9.17) is 4.42 Å². The van der Waals surface area contributed by atoms with Gasteiger partial charge in [-0.25, -0.2) is 0 Å². The molecule has 0 amide bonds. The molecule has 0 spiro atoms. The molecule has 4 heteroatoms. The highest BCUT2D eigenvalue weighted by atomic mass is 16.3. The number of hydrogen-bond donors (Lipinski definition) is 1. The smallest absolute Gasteiger partial charge is 0.117 e. The van der Waals surface area contributed by atoms with Crippen LogP contribution in [0.2, 0.25) is 0 Å². The number of aliphatic hydroxyl groups excluding tert-OH is 1. The molecule has 1 atom stereocenters. The van der Waals surface area contributed by atoms with Crippen LogP contribution in [0.15, 0.2) is 22.8 Å². The summed E-state index contributed by atoms with van der Waals surface area (Å²) in [6.07, 6.45) is 3.67. The van der Waals surface area contributed by atoms with Crippen LogP contribution >= 0.6 is 0 Å². The van der Waals surface area contributed by atoms with Crippen LogP contribution in [0.1, 0.15) is 32.4 Å². The summed E-state index contributed by atoms with van der Waals surface area (Å²) in [6, 6.07) is 4.34. The van der Waals surface area contributed by atoms with E-state index in [1.54, 1.807) is 6.26 Å². The third kappa shape index (κ3) is 3.59. The van der Waals surface area contributed by atoms with Crippen LogP contribution in [-0.2, 0) is 6.54 Å². The van der Waals surface area contributed by atoms with Crippen LogP contribution in [0, 0.1) is 0 Å². The van der Waals surface area contributed by atoms with E-state index in [1.807, 2.05) is 12.1 Å². The summed E-state index contributed by atoms with van der Waals surface area (Å²) in [4.78, 5) is 4.86. The maximum absolute atomic E-state index is 9.34. The van der Waals surface area contributed by atoms with Crippen molar-refractivity contribution in [2.75, 3.05) is 26.7 Å². The van der Waals surface area contributed by atoms with E-state index >= 15 is 0 Å². The minimum atomic E-state index is 0.122. The Bertz CT molecular complexity index is 376. The van der Waals surface area contributed by atoms with Crippen molar-refractivity contribution in [3.8, 4) is 0 Å². The molecule has 1 aliphatic rings. The van der Waals surface area contributed by atoms with Gasteiger partial charge in [0.1, 0.15) is 5.76 Å². The molecule has 108 valence electrons. The number of nitrogens with zero attached hydrogens (tertiary/aromatic N) is 2. The lowest BCUT2D eigenvalue weighted by Crippen LogP contribution is -2.50. The van der Waals surface area contributed by atoms with E-state index in [0.29, 0.717) is 6.04 Å². The van der Waals surface area contributed by atoms with Crippen molar-refractivity contribution in [3.05, 3.63) is 24.2 Å². The average Bonchev–Trinajstić information content (AvgIpc) is 2.82.